The van der Waals surface area contributed by atoms with Gasteiger partial charge < -0.3 is 10.6 Å². The van der Waals surface area contributed by atoms with E-state index in [4.69, 9.17) is 5.73 Å². The molecule has 2 nitrogen and oxygen atoms in total. The first-order chi connectivity index (χ1) is 8.31. The number of nitrogens with two attached hydrogens (primary N) is 1. The average molecular weight is 236 g/mol. The minimum Gasteiger partial charge on any atom is -0.371 e. The van der Waals surface area contributed by atoms with Gasteiger partial charge >= 0.3 is 0 Å². The van der Waals surface area contributed by atoms with Gasteiger partial charge in [0.1, 0.15) is 5.82 Å². The summed E-state index contributed by atoms with van der Waals surface area (Å²) < 4.78 is 13.3. The van der Waals surface area contributed by atoms with E-state index in [1.54, 1.807) is 12.1 Å². The van der Waals surface area contributed by atoms with Gasteiger partial charge in [-0.3, -0.25) is 0 Å². The summed E-state index contributed by atoms with van der Waals surface area (Å²) in [6.45, 7) is 2.86. The Hall–Kier alpha value is -1.09. The number of rotatable bonds is 5. The number of anilines is 1. The topological polar surface area (TPSA) is 29.3 Å². The molecule has 0 unspecified atom stereocenters. The van der Waals surface area contributed by atoms with E-state index in [1.165, 1.54) is 18.4 Å². The van der Waals surface area contributed by atoms with Crippen LogP contribution in [0.3, 0.4) is 0 Å². The first-order valence-electron chi connectivity index (χ1n) is 6.54. The van der Waals surface area contributed by atoms with Crippen LogP contribution >= 0.6 is 0 Å². The van der Waals surface area contributed by atoms with Crippen molar-refractivity contribution in [1.82, 2.24) is 0 Å². The summed E-state index contributed by atoms with van der Waals surface area (Å²) in [7, 11) is 0. The van der Waals surface area contributed by atoms with Crippen LogP contribution in [0.15, 0.2) is 18.2 Å². The van der Waals surface area contributed by atoms with Crippen LogP contribution in [0.4, 0.5) is 10.1 Å². The Morgan fingerprint density at radius 3 is 2.65 bits per heavy atom. The van der Waals surface area contributed by atoms with Gasteiger partial charge in [-0.25, -0.2) is 4.39 Å². The Bertz CT molecular complexity index is 359. The van der Waals surface area contributed by atoms with Crippen molar-refractivity contribution in [2.75, 3.05) is 24.5 Å². The molecule has 1 aromatic carbocycles. The largest absolute Gasteiger partial charge is 0.371 e. The van der Waals surface area contributed by atoms with Gasteiger partial charge in [-0.1, -0.05) is 6.07 Å². The Labute approximate surface area is 103 Å². The third-order valence-corrected chi connectivity index (χ3v) is 3.39. The molecular weight excluding hydrogens is 215 g/mol. The molecule has 1 saturated heterocycles. The Balaban J connectivity index is 2.12. The smallest absolute Gasteiger partial charge is 0.125 e. The highest BCUT2D eigenvalue weighted by Gasteiger charge is 2.16. The molecule has 0 amide bonds. The number of nitrogens with zero attached hydrogens (tertiary/aromatic N) is 1. The van der Waals surface area contributed by atoms with E-state index < -0.39 is 0 Å². The van der Waals surface area contributed by atoms with Crippen LogP contribution in [0.5, 0.6) is 0 Å². The van der Waals surface area contributed by atoms with Gasteiger partial charge in [0.2, 0.25) is 0 Å². The Morgan fingerprint density at radius 2 is 1.94 bits per heavy atom. The second-order valence-electron chi connectivity index (χ2n) is 4.71. The molecule has 2 rings (SSSR count). The van der Waals surface area contributed by atoms with Gasteiger partial charge in [-0.05, 0) is 56.3 Å². The molecule has 0 saturated carbocycles. The molecule has 3 heteroatoms. The third-order valence-electron chi connectivity index (χ3n) is 3.39. The van der Waals surface area contributed by atoms with Crippen LogP contribution in [0.2, 0.25) is 0 Å². The monoisotopic (exact) mass is 236 g/mol. The van der Waals surface area contributed by atoms with Crippen molar-refractivity contribution < 1.29 is 4.39 Å². The number of aryl methyl sites for hydroxylation is 1. The van der Waals surface area contributed by atoms with Crippen LogP contribution in [-0.2, 0) is 6.42 Å². The van der Waals surface area contributed by atoms with E-state index in [9.17, 15) is 4.39 Å². The van der Waals surface area contributed by atoms with E-state index in [0.717, 1.165) is 44.6 Å². The molecule has 1 fully saturated rings. The lowest BCUT2D eigenvalue weighted by Crippen LogP contribution is -2.19. The summed E-state index contributed by atoms with van der Waals surface area (Å²) >= 11 is 0. The first-order valence-corrected chi connectivity index (χ1v) is 6.54. The van der Waals surface area contributed by atoms with E-state index >= 15 is 0 Å². The maximum absolute atomic E-state index is 13.3. The van der Waals surface area contributed by atoms with Crippen molar-refractivity contribution in [3.05, 3.63) is 29.6 Å². The number of halogens is 1. The summed E-state index contributed by atoms with van der Waals surface area (Å²) in [5.41, 5.74) is 7.87. The summed E-state index contributed by atoms with van der Waals surface area (Å²) in [4.78, 5) is 2.31. The Kier molecular flexibility index (Phi) is 4.37. The third kappa shape index (κ3) is 3.19. The van der Waals surface area contributed by atoms with E-state index in [-0.39, 0.29) is 5.82 Å². The van der Waals surface area contributed by atoms with E-state index in [1.807, 2.05) is 6.07 Å². The molecule has 0 radical (unpaired) electrons. The normalized spacial score (nSPS) is 15.5. The minimum absolute atomic E-state index is 0.130. The zero-order chi connectivity index (χ0) is 12.1. The fourth-order valence-corrected chi connectivity index (χ4v) is 2.46. The molecular formula is C14H21FN2. The van der Waals surface area contributed by atoms with Gasteiger partial charge in [0.05, 0.1) is 0 Å². The van der Waals surface area contributed by atoms with Gasteiger partial charge in [0, 0.05) is 18.8 Å². The van der Waals surface area contributed by atoms with E-state index in [2.05, 4.69) is 4.90 Å². The molecule has 0 atom stereocenters. The lowest BCUT2D eigenvalue weighted by atomic mass is 10.1. The molecule has 94 valence electrons. The number of hydrogen-bond acceptors (Lipinski definition) is 2. The van der Waals surface area contributed by atoms with Crippen molar-refractivity contribution in [3.63, 3.8) is 0 Å². The fourth-order valence-electron chi connectivity index (χ4n) is 2.46. The van der Waals surface area contributed by atoms with E-state index in [0.29, 0.717) is 0 Å². The quantitative estimate of drug-likeness (QED) is 0.796. The highest BCUT2D eigenvalue weighted by Crippen LogP contribution is 2.26. The Morgan fingerprint density at radius 1 is 1.18 bits per heavy atom. The van der Waals surface area contributed by atoms with Crippen LogP contribution in [0.1, 0.15) is 31.2 Å². The zero-order valence-electron chi connectivity index (χ0n) is 10.3. The van der Waals surface area contributed by atoms with Gasteiger partial charge in [-0.15, -0.1) is 0 Å². The first kappa shape index (κ1) is 12.4. The van der Waals surface area contributed by atoms with Crippen molar-refractivity contribution >= 4 is 5.69 Å². The van der Waals surface area contributed by atoms with Crippen molar-refractivity contribution in [2.24, 2.45) is 5.73 Å². The molecule has 1 heterocycles. The second kappa shape index (κ2) is 6.01. The molecule has 0 aromatic heterocycles. The molecule has 0 aliphatic carbocycles. The van der Waals surface area contributed by atoms with Crippen LogP contribution < -0.4 is 10.6 Å². The van der Waals surface area contributed by atoms with Gasteiger partial charge in [0.25, 0.3) is 0 Å². The highest BCUT2D eigenvalue weighted by molar-refractivity contribution is 5.54. The van der Waals surface area contributed by atoms with Gasteiger partial charge in [-0.2, -0.15) is 0 Å². The molecule has 1 aromatic rings. The van der Waals surface area contributed by atoms with Crippen LogP contribution in [0.25, 0.3) is 0 Å². The lowest BCUT2D eigenvalue weighted by molar-refractivity contribution is 0.625. The zero-order valence-corrected chi connectivity index (χ0v) is 10.3. The number of hydrogen-bond donors (Lipinski definition) is 1. The summed E-state index contributed by atoms with van der Waals surface area (Å²) in [5.74, 6) is -0.130. The fraction of sp³-hybridized carbons (Fsp3) is 0.571. The molecule has 17 heavy (non-hydrogen) atoms. The summed E-state index contributed by atoms with van der Waals surface area (Å²) in [5, 5.41) is 0. The predicted octanol–water partition coefficient (Wildman–Crippen LogP) is 2.71. The van der Waals surface area contributed by atoms with Crippen molar-refractivity contribution in [3.8, 4) is 0 Å². The SMILES string of the molecule is NCCCCc1ccc(F)cc1N1CCCC1. The minimum atomic E-state index is -0.130. The van der Waals surface area contributed by atoms with Gasteiger partial charge in [0.15, 0.2) is 0 Å². The summed E-state index contributed by atoms with van der Waals surface area (Å²) in [6.07, 6.45) is 5.57. The van der Waals surface area contributed by atoms with Crippen molar-refractivity contribution in [1.29, 1.82) is 0 Å². The highest BCUT2D eigenvalue weighted by atomic mass is 19.1. The predicted molar refractivity (Wildman–Crippen MR) is 69.8 cm³/mol. The standard InChI is InChI=1S/C14H21FN2/c15-13-7-6-12(5-1-2-8-16)14(11-13)17-9-3-4-10-17/h6-7,11H,1-5,8-10,16H2. The number of benzene rings is 1. The average Bonchev–Trinajstić information content (AvgIpc) is 2.85. The van der Waals surface area contributed by atoms with Crippen LogP contribution in [-0.4, -0.2) is 19.6 Å². The molecule has 1 aliphatic rings. The molecule has 2 N–H and O–H groups in total. The molecule has 0 spiro atoms. The maximum atomic E-state index is 13.3. The number of unbranched alkanes of at least 4 members (excludes halogenated alkanes) is 1. The molecule has 0 bridgehead atoms. The second-order valence-corrected chi connectivity index (χ2v) is 4.71. The van der Waals surface area contributed by atoms with Crippen LogP contribution in [0, 0.1) is 5.82 Å². The molecule has 1 aliphatic heterocycles. The maximum Gasteiger partial charge on any atom is 0.125 e. The van der Waals surface area contributed by atoms with Crippen molar-refractivity contribution in [2.45, 2.75) is 32.1 Å². The lowest BCUT2D eigenvalue weighted by Gasteiger charge is -2.21. The summed E-state index contributed by atoms with van der Waals surface area (Å²) in [6, 6.07) is 5.18.